The molecule has 0 bridgehead atoms. The maximum Gasteiger partial charge on any atom is 0.0991 e. The predicted molar refractivity (Wildman–Crippen MR) is 78.8 cm³/mol. The van der Waals surface area contributed by atoms with Gasteiger partial charge in [-0.3, -0.25) is 4.99 Å². The smallest absolute Gasteiger partial charge is 0.0991 e. The van der Waals surface area contributed by atoms with E-state index in [1.54, 1.807) is 12.1 Å². The zero-order chi connectivity index (χ0) is 13.5. The average molecular weight is 248 g/mol. The summed E-state index contributed by atoms with van der Waals surface area (Å²) in [6.45, 7) is 2.18. The first kappa shape index (κ1) is 13.0. The number of nitrogens with zero attached hydrogens (tertiary/aromatic N) is 2. The molecule has 0 saturated carbocycles. The van der Waals surface area contributed by atoms with Crippen molar-refractivity contribution in [1.29, 1.82) is 5.26 Å². The first-order valence-corrected chi connectivity index (χ1v) is 6.45. The van der Waals surface area contributed by atoms with Crippen molar-refractivity contribution < 1.29 is 0 Å². The van der Waals surface area contributed by atoms with Crippen LogP contribution in [0.2, 0.25) is 0 Å². The molecule has 2 nitrogen and oxygen atoms in total. The Morgan fingerprint density at radius 3 is 2.32 bits per heavy atom. The van der Waals surface area contributed by atoms with E-state index in [1.807, 2.05) is 18.3 Å². The zero-order valence-corrected chi connectivity index (χ0v) is 11.0. The second kappa shape index (κ2) is 6.51. The molecule has 0 amide bonds. The van der Waals surface area contributed by atoms with Gasteiger partial charge in [-0.05, 0) is 41.8 Å². The van der Waals surface area contributed by atoms with Gasteiger partial charge in [0.15, 0.2) is 0 Å². The molecule has 0 atom stereocenters. The first-order valence-electron chi connectivity index (χ1n) is 6.45. The fraction of sp³-hybridized carbons (Fsp3) is 0.176. The van der Waals surface area contributed by atoms with Gasteiger partial charge < -0.3 is 0 Å². The number of hydrogen-bond acceptors (Lipinski definition) is 2. The quantitative estimate of drug-likeness (QED) is 0.744. The maximum atomic E-state index is 8.72. The molecule has 0 radical (unpaired) electrons. The third-order valence-corrected chi connectivity index (χ3v) is 2.88. The molecule has 2 aromatic carbocycles. The van der Waals surface area contributed by atoms with E-state index in [2.05, 4.69) is 42.3 Å². The van der Waals surface area contributed by atoms with Gasteiger partial charge >= 0.3 is 0 Å². The van der Waals surface area contributed by atoms with Gasteiger partial charge in [-0.15, -0.1) is 0 Å². The van der Waals surface area contributed by atoms with Gasteiger partial charge in [-0.1, -0.05) is 37.6 Å². The number of nitriles is 1. The topological polar surface area (TPSA) is 36.1 Å². The molecule has 0 unspecified atom stereocenters. The monoisotopic (exact) mass is 248 g/mol. The minimum atomic E-state index is 0.655. The lowest BCUT2D eigenvalue weighted by Gasteiger charge is -1.99. The summed E-state index contributed by atoms with van der Waals surface area (Å²) >= 11 is 0. The fourth-order valence-corrected chi connectivity index (χ4v) is 1.83. The van der Waals surface area contributed by atoms with Crippen molar-refractivity contribution >= 4 is 11.9 Å². The Balaban J connectivity index is 2.07. The van der Waals surface area contributed by atoms with Crippen LogP contribution in [0.1, 0.15) is 30.0 Å². The molecule has 2 aromatic rings. The molecule has 0 aromatic heterocycles. The van der Waals surface area contributed by atoms with Gasteiger partial charge in [0.1, 0.15) is 0 Å². The molecule has 0 aliphatic rings. The van der Waals surface area contributed by atoms with Crippen LogP contribution in [0.15, 0.2) is 53.5 Å². The van der Waals surface area contributed by atoms with E-state index in [0.29, 0.717) is 5.56 Å². The minimum absolute atomic E-state index is 0.655. The van der Waals surface area contributed by atoms with Crippen molar-refractivity contribution in [3.05, 3.63) is 65.2 Å². The van der Waals surface area contributed by atoms with Crippen molar-refractivity contribution in [1.82, 2.24) is 0 Å². The normalized spacial score (nSPS) is 10.5. The summed E-state index contributed by atoms with van der Waals surface area (Å²) < 4.78 is 0. The number of benzene rings is 2. The van der Waals surface area contributed by atoms with Crippen molar-refractivity contribution in [2.45, 2.75) is 19.8 Å². The molecule has 0 saturated heterocycles. The van der Waals surface area contributed by atoms with E-state index in [1.165, 1.54) is 12.0 Å². The first-order chi connectivity index (χ1) is 9.31. The molecular weight excluding hydrogens is 232 g/mol. The van der Waals surface area contributed by atoms with E-state index >= 15 is 0 Å². The number of hydrogen-bond donors (Lipinski definition) is 0. The third kappa shape index (κ3) is 3.79. The second-order valence-electron chi connectivity index (χ2n) is 4.41. The van der Waals surface area contributed by atoms with Crippen molar-refractivity contribution in [2.24, 2.45) is 4.99 Å². The van der Waals surface area contributed by atoms with Crippen LogP contribution in [0.25, 0.3) is 0 Å². The fourth-order valence-electron chi connectivity index (χ4n) is 1.83. The molecule has 2 heteroatoms. The van der Waals surface area contributed by atoms with E-state index in [0.717, 1.165) is 17.7 Å². The number of aliphatic imine (C=N–C) groups is 1. The SMILES string of the molecule is CCCc1ccc(C=Nc2ccc(C#N)cc2)cc1. The highest BCUT2D eigenvalue weighted by Crippen LogP contribution is 2.13. The molecule has 0 spiro atoms. The summed E-state index contributed by atoms with van der Waals surface area (Å²) in [6.07, 6.45) is 4.13. The highest BCUT2D eigenvalue weighted by atomic mass is 14.7. The Bertz CT molecular complexity index is 587. The second-order valence-corrected chi connectivity index (χ2v) is 4.41. The number of aryl methyl sites for hydroxylation is 1. The molecule has 0 fully saturated rings. The zero-order valence-electron chi connectivity index (χ0n) is 11.0. The van der Waals surface area contributed by atoms with Gasteiger partial charge in [0.25, 0.3) is 0 Å². The minimum Gasteiger partial charge on any atom is -0.256 e. The molecule has 19 heavy (non-hydrogen) atoms. The van der Waals surface area contributed by atoms with Crippen molar-refractivity contribution in [2.75, 3.05) is 0 Å². The molecular formula is C17H16N2. The lowest BCUT2D eigenvalue weighted by Crippen LogP contribution is -1.85. The summed E-state index contributed by atoms with van der Waals surface area (Å²) in [7, 11) is 0. The molecule has 0 aliphatic heterocycles. The van der Waals surface area contributed by atoms with E-state index < -0.39 is 0 Å². The van der Waals surface area contributed by atoms with E-state index in [-0.39, 0.29) is 0 Å². The molecule has 2 rings (SSSR count). The highest BCUT2D eigenvalue weighted by Gasteiger charge is 1.93. The lowest BCUT2D eigenvalue weighted by atomic mass is 10.1. The van der Waals surface area contributed by atoms with Crippen LogP contribution in [0.4, 0.5) is 5.69 Å². The van der Waals surface area contributed by atoms with E-state index in [4.69, 9.17) is 5.26 Å². The van der Waals surface area contributed by atoms with Crippen LogP contribution in [0.3, 0.4) is 0 Å². The Labute approximate surface area is 114 Å². The predicted octanol–water partition coefficient (Wildman–Crippen LogP) is 4.26. The van der Waals surface area contributed by atoms with Crippen molar-refractivity contribution in [3.63, 3.8) is 0 Å². The Morgan fingerprint density at radius 1 is 1.05 bits per heavy atom. The van der Waals surface area contributed by atoms with Gasteiger partial charge in [-0.25, -0.2) is 0 Å². The molecule has 0 heterocycles. The summed E-state index contributed by atoms with van der Waals surface area (Å²) in [5, 5.41) is 8.72. The number of rotatable bonds is 4. The molecule has 0 N–H and O–H groups in total. The van der Waals surface area contributed by atoms with Gasteiger partial charge in [0, 0.05) is 6.21 Å². The van der Waals surface area contributed by atoms with Crippen LogP contribution in [-0.2, 0) is 6.42 Å². The van der Waals surface area contributed by atoms with Crippen LogP contribution >= 0.6 is 0 Å². The van der Waals surface area contributed by atoms with Gasteiger partial charge in [0.2, 0.25) is 0 Å². The molecule has 0 aliphatic carbocycles. The average Bonchev–Trinajstić information content (AvgIpc) is 2.47. The third-order valence-electron chi connectivity index (χ3n) is 2.88. The summed E-state index contributed by atoms with van der Waals surface area (Å²) in [5.74, 6) is 0. The van der Waals surface area contributed by atoms with Crippen molar-refractivity contribution in [3.8, 4) is 6.07 Å². The highest BCUT2D eigenvalue weighted by molar-refractivity contribution is 5.81. The van der Waals surface area contributed by atoms with Crippen LogP contribution < -0.4 is 0 Å². The van der Waals surface area contributed by atoms with E-state index in [9.17, 15) is 0 Å². The summed E-state index contributed by atoms with van der Waals surface area (Å²) in [4.78, 5) is 4.39. The van der Waals surface area contributed by atoms with Crippen LogP contribution in [-0.4, -0.2) is 6.21 Å². The van der Waals surface area contributed by atoms with Crippen LogP contribution in [0.5, 0.6) is 0 Å². The summed E-state index contributed by atoms with van der Waals surface area (Å²) in [6, 6.07) is 17.8. The van der Waals surface area contributed by atoms with Crippen LogP contribution in [0, 0.1) is 11.3 Å². The van der Waals surface area contributed by atoms with Gasteiger partial charge in [-0.2, -0.15) is 5.26 Å². The Kier molecular flexibility index (Phi) is 4.47. The largest absolute Gasteiger partial charge is 0.256 e. The standard InChI is InChI=1S/C17H16N2/c1-2-3-14-4-6-16(7-5-14)13-19-17-10-8-15(12-18)9-11-17/h4-11,13H,2-3H2,1H3. The lowest BCUT2D eigenvalue weighted by molar-refractivity contribution is 0.922. The summed E-state index contributed by atoms with van der Waals surface area (Å²) in [5.41, 5.74) is 3.96. The maximum absolute atomic E-state index is 8.72. The Morgan fingerprint density at radius 2 is 1.74 bits per heavy atom. The Hall–Kier alpha value is -2.40. The molecule has 94 valence electrons. The van der Waals surface area contributed by atoms with Gasteiger partial charge in [0.05, 0.1) is 17.3 Å².